The largest absolute Gasteiger partial charge is 0.465 e. The summed E-state index contributed by atoms with van der Waals surface area (Å²) in [7, 11) is 0. The maximum Gasteiger partial charge on any atom is 0.328 e. The first-order chi connectivity index (χ1) is 34.8. The van der Waals surface area contributed by atoms with Gasteiger partial charge in [0.1, 0.15) is 11.4 Å². The average Bonchev–Trinajstić information content (AvgIpc) is 4.07. The van der Waals surface area contributed by atoms with Gasteiger partial charge in [-0.05, 0) is 176 Å². The van der Waals surface area contributed by atoms with Crippen molar-refractivity contribution >= 4 is 23.4 Å². The third kappa shape index (κ3) is 15.7. The zero-order valence-corrected chi connectivity index (χ0v) is 43.6. The predicted molar refractivity (Wildman–Crippen MR) is 287 cm³/mol. The number of ketones is 1. The van der Waals surface area contributed by atoms with E-state index in [-0.39, 0.29) is 31.3 Å². The molecule has 2 saturated heterocycles. The molecule has 4 fully saturated rings. The number of fused-ring (bicyclic) bond motifs is 2. The third-order valence-electron chi connectivity index (χ3n) is 16.0. The first kappa shape index (κ1) is 55.6. The molecular weight excluding hydrogens is 920 g/mol. The lowest BCUT2D eigenvalue weighted by atomic mass is 9.80. The van der Waals surface area contributed by atoms with Crippen LogP contribution in [0.25, 0.3) is 0 Å². The Morgan fingerprint density at radius 3 is 1.76 bits per heavy atom. The van der Waals surface area contributed by atoms with Crippen molar-refractivity contribution in [2.75, 3.05) is 46.0 Å². The Balaban J connectivity index is 0.000000177. The number of Topliss-reactive ketones (excluding diaryl/α,β-unsaturated/α-hetero) is 1. The predicted octanol–water partition coefficient (Wildman–Crippen LogP) is 12.0. The molecule has 12 heteroatoms. The van der Waals surface area contributed by atoms with E-state index in [1.165, 1.54) is 126 Å². The van der Waals surface area contributed by atoms with E-state index in [4.69, 9.17) is 30.8 Å². The molecule has 0 radical (unpaired) electrons. The number of esters is 1. The number of rotatable bonds is 20. The van der Waals surface area contributed by atoms with Crippen LogP contribution >= 0.6 is 11.6 Å². The van der Waals surface area contributed by atoms with Crippen LogP contribution in [0.1, 0.15) is 192 Å². The number of aromatic nitrogens is 4. The van der Waals surface area contributed by atoms with Gasteiger partial charge < -0.3 is 19.5 Å². The fourth-order valence-corrected chi connectivity index (χ4v) is 11.6. The standard InChI is InChI=1S/C30H41N3O3.C17H26N2O.C12H14ClNO.CH4/c1-2-35-30(34)29(26-12-7-17-32-28(26)24-9-5-10-24)33-18-15-25(21-33)36-19-4-3-8-22-13-14-23-11-6-16-31-27(23)20-22;1(2-11-20-16-8-10-18-13-16)4-14-6-7-15-5-3-9-19-17(15)12-14;1-8(15)11(13)10-6-3-7-14-12(10)9-4-2-5-9;/h6-7,11-12,16-17,22,24-25,29H,2-5,8-10,13-15,18-21H2,1H3;3,5,9,14,16,18H,1-2,4,6-8,10-13H2;3,6-7,9,11H,2,4-5H2,1H3;1H4/t22?,25-,29?;14?,16-;;/m11../s1. The average molecular weight is 1010 g/mol. The lowest BCUT2D eigenvalue weighted by Gasteiger charge is -2.32. The molecule has 6 heterocycles. The monoisotopic (exact) mass is 1000 g/mol. The lowest BCUT2D eigenvalue weighted by Crippen LogP contribution is -2.36. The van der Waals surface area contributed by atoms with Crippen molar-refractivity contribution in [2.24, 2.45) is 11.8 Å². The number of unbranched alkanes of at least 4 members (excludes halogenated alkanes) is 2. The molecule has 1 N–H and O–H groups in total. The van der Waals surface area contributed by atoms with Gasteiger partial charge in [0.25, 0.3) is 0 Å². The molecule has 2 saturated carbocycles. The summed E-state index contributed by atoms with van der Waals surface area (Å²) in [6, 6.07) is 16.0. The van der Waals surface area contributed by atoms with Crippen molar-refractivity contribution in [3.8, 4) is 0 Å². The summed E-state index contributed by atoms with van der Waals surface area (Å²) in [5, 5.41) is 2.81. The molecule has 0 bridgehead atoms. The minimum Gasteiger partial charge on any atom is -0.465 e. The SMILES string of the molecule is C.CC(=O)C(Cl)c1cccnc1C1CCC1.CCOC(=O)C(c1cccnc1C1CCC1)N1CC[C@@H](OCCCCC2CCc3cccnc3C2)C1.c1cnc2c(c1)CCC(CCCCO[C@@H]1CCNC1)C2. The number of ether oxygens (including phenoxy) is 3. The van der Waals surface area contributed by atoms with E-state index in [1.807, 2.05) is 43.7 Å². The summed E-state index contributed by atoms with van der Waals surface area (Å²) in [5.74, 6) is 2.41. The highest BCUT2D eigenvalue weighted by Gasteiger charge is 2.38. The highest BCUT2D eigenvalue weighted by molar-refractivity contribution is 6.30. The second-order valence-electron chi connectivity index (χ2n) is 21.0. The van der Waals surface area contributed by atoms with E-state index in [0.717, 1.165) is 106 Å². The number of aryl methyl sites for hydroxylation is 2. The number of carbonyl (C=O) groups is 2. The van der Waals surface area contributed by atoms with Gasteiger partial charge in [-0.2, -0.15) is 0 Å². The van der Waals surface area contributed by atoms with E-state index < -0.39 is 5.38 Å². The van der Waals surface area contributed by atoms with Crippen molar-refractivity contribution in [2.45, 2.75) is 185 Å². The van der Waals surface area contributed by atoms with Gasteiger partial charge in [-0.1, -0.05) is 57.4 Å². The van der Waals surface area contributed by atoms with Crippen molar-refractivity contribution in [3.63, 3.8) is 0 Å². The fourth-order valence-electron chi connectivity index (χ4n) is 11.5. The van der Waals surface area contributed by atoms with Crippen LogP contribution in [0.4, 0.5) is 0 Å². The Hall–Kier alpha value is -4.13. The van der Waals surface area contributed by atoms with Gasteiger partial charge >= 0.3 is 5.97 Å². The van der Waals surface area contributed by atoms with E-state index in [2.05, 4.69) is 55.5 Å². The summed E-state index contributed by atoms with van der Waals surface area (Å²) in [4.78, 5) is 44.8. The van der Waals surface area contributed by atoms with Crippen molar-refractivity contribution in [1.29, 1.82) is 0 Å². The fraction of sp³-hybridized carbons (Fsp3) is 0.633. The number of hydrogen-bond acceptors (Lipinski definition) is 11. The molecule has 11 nitrogen and oxygen atoms in total. The quantitative estimate of drug-likeness (QED) is 0.0516. The Morgan fingerprint density at radius 2 is 1.24 bits per heavy atom. The molecule has 72 heavy (non-hydrogen) atoms. The molecule has 4 unspecified atom stereocenters. The number of likely N-dealkylation sites (tertiary alicyclic amines) is 1. The molecule has 4 aromatic heterocycles. The van der Waals surface area contributed by atoms with Crippen LogP contribution in [0.2, 0.25) is 0 Å². The van der Waals surface area contributed by atoms with Crippen LogP contribution in [0.15, 0.2) is 73.3 Å². The number of nitrogens with one attached hydrogen (secondary N) is 1. The van der Waals surface area contributed by atoms with E-state index >= 15 is 0 Å². The van der Waals surface area contributed by atoms with Gasteiger partial charge in [-0.3, -0.25) is 29.6 Å². The molecule has 2 aliphatic heterocycles. The summed E-state index contributed by atoms with van der Waals surface area (Å²) in [6.07, 6.45) is 32.2. The molecule has 392 valence electrons. The summed E-state index contributed by atoms with van der Waals surface area (Å²) >= 11 is 6.08. The molecule has 0 amide bonds. The molecule has 0 spiro atoms. The molecule has 4 aliphatic carbocycles. The van der Waals surface area contributed by atoms with Gasteiger partial charge in [-0.15, -0.1) is 11.6 Å². The van der Waals surface area contributed by atoms with Crippen LogP contribution in [-0.4, -0.2) is 94.8 Å². The normalized spacial score (nSPS) is 22.5. The maximum absolute atomic E-state index is 13.1. The molecule has 6 aliphatic rings. The Kier molecular flexibility index (Phi) is 22.5. The van der Waals surface area contributed by atoms with Crippen molar-refractivity contribution in [3.05, 3.63) is 118 Å². The highest BCUT2D eigenvalue weighted by atomic mass is 35.5. The molecule has 4 aromatic rings. The first-order valence-electron chi connectivity index (χ1n) is 27.6. The Bertz CT molecular complexity index is 2270. The number of pyridine rings is 4. The van der Waals surface area contributed by atoms with Crippen LogP contribution in [0.5, 0.6) is 0 Å². The van der Waals surface area contributed by atoms with E-state index in [1.54, 1.807) is 6.20 Å². The molecule has 10 rings (SSSR count). The summed E-state index contributed by atoms with van der Waals surface area (Å²) < 4.78 is 17.7. The number of hydrogen-bond donors (Lipinski definition) is 1. The summed E-state index contributed by atoms with van der Waals surface area (Å²) in [5.41, 5.74) is 9.61. The molecular formula is C60H85ClN6O5. The minimum atomic E-state index is -0.533. The Morgan fingerprint density at radius 1 is 0.694 bits per heavy atom. The van der Waals surface area contributed by atoms with Gasteiger partial charge in [0.05, 0.1) is 18.8 Å². The van der Waals surface area contributed by atoms with E-state index in [0.29, 0.717) is 24.5 Å². The van der Waals surface area contributed by atoms with Crippen molar-refractivity contribution < 1.29 is 23.8 Å². The summed E-state index contributed by atoms with van der Waals surface area (Å²) in [6.45, 7) is 9.32. The zero-order valence-electron chi connectivity index (χ0n) is 42.8. The lowest BCUT2D eigenvalue weighted by molar-refractivity contribution is -0.149. The van der Waals surface area contributed by atoms with Gasteiger partial charge in [0.15, 0.2) is 5.78 Å². The van der Waals surface area contributed by atoms with Gasteiger partial charge in [0, 0.05) is 97.8 Å². The molecule has 6 atom stereocenters. The zero-order chi connectivity index (χ0) is 49.2. The second kappa shape index (κ2) is 29.1. The smallest absolute Gasteiger partial charge is 0.328 e. The van der Waals surface area contributed by atoms with Gasteiger partial charge in [0.2, 0.25) is 0 Å². The van der Waals surface area contributed by atoms with Gasteiger partial charge in [-0.25, -0.2) is 4.79 Å². The van der Waals surface area contributed by atoms with Crippen LogP contribution in [-0.2, 0) is 49.5 Å². The van der Waals surface area contributed by atoms with Crippen LogP contribution in [0, 0.1) is 11.8 Å². The number of carbonyl (C=O) groups excluding carboxylic acids is 2. The topological polar surface area (TPSA) is 129 Å². The highest BCUT2D eigenvalue weighted by Crippen LogP contribution is 2.41. The molecule has 0 aromatic carbocycles. The van der Waals surface area contributed by atoms with Crippen LogP contribution < -0.4 is 5.32 Å². The Labute approximate surface area is 436 Å². The minimum absolute atomic E-state index is 0. The number of nitrogens with zero attached hydrogens (tertiary/aromatic N) is 5. The van der Waals surface area contributed by atoms with Crippen molar-refractivity contribution in [1.82, 2.24) is 30.2 Å². The first-order valence-corrected chi connectivity index (χ1v) is 28.0. The maximum atomic E-state index is 13.1. The van der Waals surface area contributed by atoms with Crippen LogP contribution in [0.3, 0.4) is 0 Å². The second-order valence-corrected chi connectivity index (χ2v) is 21.5. The number of halogens is 1. The third-order valence-corrected chi connectivity index (χ3v) is 16.6. The van der Waals surface area contributed by atoms with E-state index in [9.17, 15) is 9.59 Å². The number of alkyl halides is 1.